The first-order valence-electron chi connectivity index (χ1n) is 9.22. The Morgan fingerprint density at radius 3 is 2.71 bits per heavy atom. The van der Waals surface area contributed by atoms with Gasteiger partial charge in [0.2, 0.25) is 5.91 Å². The Labute approximate surface area is 144 Å². The van der Waals surface area contributed by atoms with E-state index in [0.29, 0.717) is 6.42 Å². The van der Waals surface area contributed by atoms with Gasteiger partial charge in [-0.15, -0.1) is 0 Å². The summed E-state index contributed by atoms with van der Waals surface area (Å²) in [6.45, 7) is 8.47. The summed E-state index contributed by atoms with van der Waals surface area (Å²) in [6.07, 6.45) is 5.10. The fourth-order valence-electron chi connectivity index (χ4n) is 3.44. The van der Waals surface area contributed by atoms with E-state index in [1.54, 1.807) is 0 Å². The quantitative estimate of drug-likeness (QED) is 0.841. The lowest BCUT2D eigenvalue weighted by molar-refractivity contribution is -0.116. The number of aryl methyl sites for hydroxylation is 1. The molecule has 1 amide bonds. The van der Waals surface area contributed by atoms with Gasteiger partial charge in [0.1, 0.15) is 5.82 Å². The molecule has 1 aliphatic heterocycles. The summed E-state index contributed by atoms with van der Waals surface area (Å²) < 4.78 is 2.34. The first kappa shape index (κ1) is 17.0. The van der Waals surface area contributed by atoms with Crippen molar-refractivity contribution >= 4 is 22.6 Å². The van der Waals surface area contributed by atoms with E-state index in [1.807, 2.05) is 19.1 Å². The number of hydrogen-bond donors (Lipinski definition) is 1. The minimum absolute atomic E-state index is 0.0714. The minimum atomic E-state index is 0.0714. The van der Waals surface area contributed by atoms with Gasteiger partial charge in [-0.3, -0.25) is 9.69 Å². The molecule has 5 heteroatoms. The van der Waals surface area contributed by atoms with E-state index in [0.717, 1.165) is 43.0 Å². The zero-order valence-electron chi connectivity index (χ0n) is 14.8. The lowest BCUT2D eigenvalue weighted by Gasteiger charge is -2.15. The maximum Gasteiger partial charge on any atom is 0.224 e. The fourth-order valence-corrected chi connectivity index (χ4v) is 3.44. The number of carbonyl (C=O) groups excluding carboxylic acids is 1. The van der Waals surface area contributed by atoms with Gasteiger partial charge in [-0.25, -0.2) is 4.98 Å². The maximum atomic E-state index is 11.8. The number of nitrogens with one attached hydrogen (secondary N) is 1. The van der Waals surface area contributed by atoms with Crippen LogP contribution in [-0.4, -0.2) is 33.4 Å². The Bertz CT molecular complexity index is 701. The molecule has 2 heterocycles. The predicted molar refractivity (Wildman–Crippen MR) is 98.1 cm³/mol. The van der Waals surface area contributed by atoms with Crippen LogP contribution in [0, 0.1) is 0 Å². The molecule has 130 valence electrons. The van der Waals surface area contributed by atoms with Gasteiger partial charge >= 0.3 is 0 Å². The second-order valence-corrected chi connectivity index (χ2v) is 6.66. The zero-order valence-corrected chi connectivity index (χ0v) is 14.8. The van der Waals surface area contributed by atoms with E-state index in [4.69, 9.17) is 4.98 Å². The van der Waals surface area contributed by atoms with Gasteiger partial charge in [0.15, 0.2) is 0 Å². The molecule has 0 spiro atoms. The molecule has 5 nitrogen and oxygen atoms in total. The average Bonchev–Trinajstić information content (AvgIpc) is 3.17. The first-order valence-corrected chi connectivity index (χ1v) is 9.22. The molecule has 1 aromatic carbocycles. The van der Waals surface area contributed by atoms with E-state index in [1.165, 1.54) is 31.4 Å². The van der Waals surface area contributed by atoms with Gasteiger partial charge in [0.25, 0.3) is 0 Å². The summed E-state index contributed by atoms with van der Waals surface area (Å²) in [5.41, 5.74) is 2.99. The predicted octanol–water partition coefficient (Wildman–Crippen LogP) is 3.78. The molecule has 1 aromatic heterocycles. The summed E-state index contributed by atoms with van der Waals surface area (Å²) in [6, 6.07) is 6.08. The van der Waals surface area contributed by atoms with Crippen molar-refractivity contribution in [2.24, 2.45) is 0 Å². The Morgan fingerprint density at radius 1 is 1.21 bits per heavy atom. The van der Waals surface area contributed by atoms with Crippen molar-refractivity contribution < 1.29 is 4.79 Å². The molecule has 24 heavy (non-hydrogen) atoms. The van der Waals surface area contributed by atoms with Gasteiger partial charge in [0.05, 0.1) is 17.6 Å². The van der Waals surface area contributed by atoms with E-state index >= 15 is 0 Å². The number of fused-ring (bicyclic) bond motifs is 1. The van der Waals surface area contributed by atoms with Crippen LogP contribution in [0.15, 0.2) is 18.2 Å². The van der Waals surface area contributed by atoms with Crippen molar-refractivity contribution in [2.75, 3.05) is 18.4 Å². The third kappa shape index (κ3) is 3.78. The number of hydrogen-bond acceptors (Lipinski definition) is 3. The van der Waals surface area contributed by atoms with Crippen molar-refractivity contribution in [2.45, 2.75) is 59.0 Å². The number of anilines is 1. The molecule has 1 aliphatic rings. The molecule has 1 N–H and O–H groups in total. The van der Waals surface area contributed by atoms with E-state index in [2.05, 4.69) is 27.8 Å². The van der Waals surface area contributed by atoms with Crippen molar-refractivity contribution in [3.05, 3.63) is 24.0 Å². The molecular weight excluding hydrogens is 300 g/mol. The van der Waals surface area contributed by atoms with E-state index < -0.39 is 0 Å². The molecule has 0 radical (unpaired) electrons. The number of nitrogens with zero attached hydrogens (tertiary/aromatic N) is 3. The van der Waals surface area contributed by atoms with Crippen LogP contribution in [0.2, 0.25) is 0 Å². The Hall–Kier alpha value is -1.88. The topological polar surface area (TPSA) is 50.2 Å². The molecule has 0 saturated carbocycles. The molecule has 1 fully saturated rings. The van der Waals surface area contributed by atoms with Crippen molar-refractivity contribution in [3.63, 3.8) is 0 Å². The number of rotatable bonds is 7. The molecular formula is C19H28N4O. The number of amides is 1. The maximum absolute atomic E-state index is 11.8. The molecule has 0 unspecified atom stereocenters. The van der Waals surface area contributed by atoms with Crippen LogP contribution in [-0.2, 0) is 17.9 Å². The lowest BCUT2D eigenvalue weighted by Crippen LogP contribution is -2.21. The standard InChI is InChI=1S/C19H28N4O/c1-3-7-19(24)20-15-8-9-17-16(13-15)21-18(23(17)10-4-2)14-22-11-5-6-12-22/h8-9,13H,3-7,10-12,14H2,1-2H3,(H,20,24). The Morgan fingerprint density at radius 2 is 2.00 bits per heavy atom. The number of likely N-dealkylation sites (tertiary alicyclic amines) is 1. The lowest BCUT2D eigenvalue weighted by atomic mass is 10.2. The fraction of sp³-hybridized carbons (Fsp3) is 0.579. The monoisotopic (exact) mass is 328 g/mol. The van der Waals surface area contributed by atoms with Gasteiger partial charge in [-0.2, -0.15) is 0 Å². The van der Waals surface area contributed by atoms with Crippen LogP contribution in [0.4, 0.5) is 5.69 Å². The van der Waals surface area contributed by atoms with Crippen LogP contribution in [0.5, 0.6) is 0 Å². The largest absolute Gasteiger partial charge is 0.327 e. The van der Waals surface area contributed by atoms with Crippen molar-refractivity contribution in [1.82, 2.24) is 14.5 Å². The summed E-state index contributed by atoms with van der Waals surface area (Å²) in [5, 5.41) is 2.97. The van der Waals surface area contributed by atoms with Crippen LogP contribution in [0.25, 0.3) is 11.0 Å². The highest BCUT2D eigenvalue weighted by molar-refractivity contribution is 5.93. The summed E-state index contributed by atoms with van der Waals surface area (Å²) >= 11 is 0. The molecule has 2 aromatic rings. The van der Waals surface area contributed by atoms with Gasteiger partial charge in [-0.05, 0) is 57.0 Å². The SMILES string of the molecule is CCCC(=O)Nc1ccc2c(c1)nc(CN1CCCC1)n2CCC. The molecule has 0 bridgehead atoms. The number of benzene rings is 1. The van der Waals surface area contributed by atoms with Crippen LogP contribution < -0.4 is 5.32 Å². The third-order valence-electron chi connectivity index (χ3n) is 4.60. The summed E-state index contributed by atoms with van der Waals surface area (Å²) in [5.74, 6) is 1.22. The number of imidazole rings is 1. The highest BCUT2D eigenvalue weighted by Crippen LogP contribution is 2.23. The van der Waals surface area contributed by atoms with Gasteiger partial charge < -0.3 is 9.88 Å². The van der Waals surface area contributed by atoms with Crippen LogP contribution in [0.1, 0.15) is 51.8 Å². The molecule has 1 saturated heterocycles. The third-order valence-corrected chi connectivity index (χ3v) is 4.60. The molecule has 0 aliphatic carbocycles. The van der Waals surface area contributed by atoms with E-state index in [-0.39, 0.29) is 5.91 Å². The highest BCUT2D eigenvalue weighted by atomic mass is 16.1. The number of carbonyl (C=O) groups is 1. The van der Waals surface area contributed by atoms with Crippen LogP contribution in [0.3, 0.4) is 0 Å². The van der Waals surface area contributed by atoms with Gasteiger partial charge in [-0.1, -0.05) is 13.8 Å². The minimum Gasteiger partial charge on any atom is -0.327 e. The second-order valence-electron chi connectivity index (χ2n) is 6.66. The molecule has 0 atom stereocenters. The summed E-state index contributed by atoms with van der Waals surface area (Å²) in [7, 11) is 0. The average molecular weight is 328 g/mol. The Kier molecular flexibility index (Phi) is 5.51. The van der Waals surface area contributed by atoms with Gasteiger partial charge in [0, 0.05) is 18.7 Å². The number of aromatic nitrogens is 2. The van der Waals surface area contributed by atoms with Crippen molar-refractivity contribution in [1.29, 1.82) is 0 Å². The van der Waals surface area contributed by atoms with E-state index in [9.17, 15) is 4.79 Å². The normalized spacial score (nSPS) is 15.2. The van der Waals surface area contributed by atoms with Crippen molar-refractivity contribution in [3.8, 4) is 0 Å². The second kappa shape index (κ2) is 7.79. The zero-order chi connectivity index (χ0) is 16.9. The Balaban J connectivity index is 1.87. The highest BCUT2D eigenvalue weighted by Gasteiger charge is 2.17. The summed E-state index contributed by atoms with van der Waals surface area (Å²) in [4.78, 5) is 19.2. The first-order chi connectivity index (χ1) is 11.7. The smallest absolute Gasteiger partial charge is 0.224 e. The van der Waals surface area contributed by atoms with Crippen LogP contribution >= 0.6 is 0 Å². The molecule has 3 rings (SSSR count).